The van der Waals surface area contributed by atoms with Crippen LogP contribution in [-0.2, 0) is 5.41 Å². The summed E-state index contributed by atoms with van der Waals surface area (Å²) in [5, 5.41) is 8.63. The van der Waals surface area contributed by atoms with E-state index < -0.39 is 0 Å². The smallest absolute Gasteiger partial charge is 0.160 e. The van der Waals surface area contributed by atoms with Crippen molar-refractivity contribution >= 4 is 43.2 Å². The third-order valence-corrected chi connectivity index (χ3v) is 9.42. The van der Waals surface area contributed by atoms with Gasteiger partial charge in [-0.1, -0.05) is 117 Å². The highest BCUT2D eigenvalue weighted by Gasteiger charge is 2.36. The maximum Gasteiger partial charge on any atom is 0.160 e. The molecule has 0 spiro atoms. The van der Waals surface area contributed by atoms with Crippen molar-refractivity contribution in [2.75, 3.05) is 0 Å². The maximum absolute atomic E-state index is 5.27. The number of hydrogen-bond donors (Lipinski definition) is 0. The average Bonchev–Trinajstić information content (AvgIpc) is 3.27. The summed E-state index contributed by atoms with van der Waals surface area (Å²) in [5.74, 6) is 0.757. The Morgan fingerprint density at radius 3 is 1.95 bits per heavy atom. The molecule has 0 aliphatic heterocycles. The highest BCUT2D eigenvalue weighted by molar-refractivity contribution is 6.09. The topological polar surface area (TPSA) is 25.8 Å². The second-order valence-corrected chi connectivity index (χ2v) is 12.3. The van der Waals surface area contributed by atoms with Gasteiger partial charge in [0.2, 0.25) is 0 Å². The summed E-state index contributed by atoms with van der Waals surface area (Å²) in [6, 6.07) is 48.2. The van der Waals surface area contributed by atoms with E-state index in [1.807, 2.05) is 0 Å². The molecule has 7 aromatic carbocycles. The van der Waals surface area contributed by atoms with Crippen LogP contribution in [0.25, 0.3) is 77.0 Å². The quantitative estimate of drug-likeness (QED) is 0.201. The van der Waals surface area contributed by atoms with Crippen LogP contribution in [0.15, 0.2) is 133 Å². The molecule has 0 saturated carbocycles. The van der Waals surface area contributed by atoms with E-state index in [0.29, 0.717) is 0 Å². The van der Waals surface area contributed by atoms with Gasteiger partial charge in [-0.05, 0) is 84.9 Å². The van der Waals surface area contributed by atoms with E-state index in [2.05, 4.69) is 147 Å². The summed E-state index contributed by atoms with van der Waals surface area (Å²) in [5.41, 5.74) is 9.28. The van der Waals surface area contributed by atoms with Crippen LogP contribution in [0.3, 0.4) is 0 Å². The molecule has 2 nitrogen and oxygen atoms in total. The van der Waals surface area contributed by atoms with E-state index in [1.165, 1.54) is 54.6 Å². The Hall–Kier alpha value is -5.34. The summed E-state index contributed by atoms with van der Waals surface area (Å²) in [4.78, 5) is 10.4. The van der Waals surface area contributed by atoms with Crippen LogP contribution in [0, 0.1) is 0 Å². The van der Waals surface area contributed by atoms with Gasteiger partial charge in [0.1, 0.15) is 0 Å². The summed E-state index contributed by atoms with van der Waals surface area (Å²) in [7, 11) is 0. The molecule has 0 atom stereocenters. The normalized spacial score (nSPS) is 13.5. The molecule has 0 unspecified atom stereocenters. The van der Waals surface area contributed by atoms with Crippen molar-refractivity contribution in [1.29, 1.82) is 0 Å². The highest BCUT2D eigenvalue weighted by Crippen LogP contribution is 2.50. The minimum Gasteiger partial charge on any atom is -0.228 e. The Bertz CT molecular complexity index is 2430. The summed E-state index contributed by atoms with van der Waals surface area (Å²) >= 11 is 0. The third-order valence-electron chi connectivity index (χ3n) is 9.42. The SMILES string of the molecule is CC1(C)c2cc(-c3nc(-c4ccc5c(ccc6ccccc65)c4)c4ccccc4n3)ccc2-c2cc3ccccc3cc21. The Balaban J connectivity index is 1.22. The third kappa shape index (κ3) is 3.60. The fraction of sp³-hybridized carbons (Fsp3) is 0.0732. The van der Waals surface area contributed by atoms with Crippen molar-refractivity contribution in [3.8, 4) is 33.8 Å². The van der Waals surface area contributed by atoms with Crippen molar-refractivity contribution in [3.63, 3.8) is 0 Å². The fourth-order valence-electron chi connectivity index (χ4n) is 7.15. The number of para-hydroxylation sites is 1. The molecular formula is C41H28N2. The molecule has 0 amide bonds. The van der Waals surface area contributed by atoms with E-state index in [1.54, 1.807) is 0 Å². The van der Waals surface area contributed by atoms with Crippen LogP contribution in [0.2, 0.25) is 0 Å². The summed E-state index contributed by atoms with van der Waals surface area (Å²) in [6.07, 6.45) is 0. The van der Waals surface area contributed by atoms with Gasteiger partial charge in [0.15, 0.2) is 5.82 Å². The molecule has 0 bridgehead atoms. The molecular weight excluding hydrogens is 520 g/mol. The lowest BCUT2D eigenvalue weighted by Crippen LogP contribution is -2.15. The zero-order valence-electron chi connectivity index (χ0n) is 24.1. The molecule has 1 aromatic heterocycles. The first-order chi connectivity index (χ1) is 21.0. The summed E-state index contributed by atoms with van der Waals surface area (Å²) < 4.78 is 0. The lowest BCUT2D eigenvalue weighted by atomic mass is 9.81. The van der Waals surface area contributed by atoms with Gasteiger partial charge in [-0.2, -0.15) is 0 Å². The van der Waals surface area contributed by atoms with Crippen LogP contribution in [0.5, 0.6) is 0 Å². The second kappa shape index (κ2) is 8.83. The van der Waals surface area contributed by atoms with Gasteiger partial charge in [0.05, 0.1) is 11.2 Å². The largest absolute Gasteiger partial charge is 0.228 e. The zero-order chi connectivity index (χ0) is 28.7. The minimum atomic E-state index is -0.120. The number of aromatic nitrogens is 2. The van der Waals surface area contributed by atoms with Crippen LogP contribution in [-0.4, -0.2) is 9.97 Å². The molecule has 9 rings (SSSR count). The Labute approximate surface area is 250 Å². The van der Waals surface area contributed by atoms with Crippen molar-refractivity contribution in [1.82, 2.24) is 9.97 Å². The number of rotatable bonds is 2. The predicted molar refractivity (Wildman–Crippen MR) is 180 cm³/mol. The van der Waals surface area contributed by atoms with Crippen LogP contribution in [0.1, 0.15) is 25.0 Å². The highest BCUT2D eigenvalue weighted by atomic mass is 14.9. The molecule has 202 valence electrons. The van der Waals surface area contributed by atoms with Gasteiger partial charge in [-0.25, -0.2) is 9.97 Å². The lowest BCUT2D eigenvalue weighted by Gasteiger charge is -2.22. The molecule has 1 aliphatic rings. The maximum atomic E-state index is 5.27. The van der Waals surface area contributed by atoms with E-state index in [4.69, 9.17) is 9.97 Å². The van der Waals surface area contributed by atoms with Gasteiger partial charge in [0.25, 0.3) is 0 Å². The number of fused-ring (bicyclic) bond motifs is 8. The Morgan fingerprint density at radius 1 is 0.442 bits per heavy atom. The molecule has 2 heteroatoms. The fourth-order valence-corrected chi connectivity index (χ4v) is 7.15. The van der Waals surface area contributed by atoms with Gasteiger partial charge < -0.3 is 0 Å². The molecule has 1 heterocycles. The van der Waals surface area contributed by atoms with Gasteiger partial charge in [-0.3, -0.25) is 0 Å². The molecule has 0 N–H and O–H groups in total. The molecule has 0 radical (unpaired) electrons. The molecule has 0 saturated heterocycles. The van der Waals surface area contributed by atoms with Crippen molar-refractivity contribution < 1.29 is 0 Å². The standard InChI is InChI=1S/C41H28N2/c1-41(2)36-24-30(18-20-33(36)35-22-26-10-3-4-11-27(26)23-37(35)41)40-42-38-14-8-7-13-34(38)39(43-40)29-17-19-32-28(21-29)16-15-25-9-5-6-12-31(25)32/h3-24H,1-2H3. The molecule has 0 fully saturated rings. The molecule has 8 aromatic rings. The number of benzene rings is 7. The van der Waals surface area contributed by atoms with Gasteiger partial charge in [-0.15, -0.1) is 0 Å². The lowest BCUT2D eigenvalue weighted by molar-refractivity contribution is 0.661. The first kappa shape index (κ1) is 24.3. The van der Waals surface area contributed by atoms with Crippen molar-refractivity contribution in [2.45, 2.75) is 19.3 Å². The average molecular weight is 549 g/mol. The van der Waals surface area contributed by atoms with Gasteiger partial charge >= 0.3 is 0 Å². The van der Waals surface area contributed by atoms with Crippen LogP contribution in [0.4, 0.5) is 0 Å². The van der Waals surface area contributed by atoms with Gasteiger partial charge in [0, 0.05) is 21.9 Å². The summed E-state index contributed by atoms with van der Waals surface area (Å²) in [6.45, 7) is 4.67. The van der Waals surface area contributed by atoms with Crippen LogP contribution < -0.4 is 0 Å². The number of nitrogens with zero attached hydrogens (tertiary/aromatic N) is 2. The van der Waals surface area contributed by atoms with Crippen molar-refractivity contribution in [2.24, 2.45) is 0 Å². The predicted octanol–water partition coefficient (Wildman–Crippen LogP) is 10.7. The first-order valence-corrected chi connectivity index (χ1v) is 14.9. The van der Waals surface area contributed by atoms with Crippen molar-refractivity contribution in [3.05, 3.63) is 145 Å². The van der Waals surface area contributed by atoms with E-state index in [9.17, 15) is 0 Å². The zero-order valence-corrected chi connectivity index (χ0v) is 24.1. The monoisotopic (exact) mass is 548 g/mol. The Morgan fingerprint density at radius 2 is 1.09 bits per heavy atom. The van der Waals surface area contributed by atoms with E-state index >= 15 is 0 Å². The molecule has 43 heavy (non-hydrogen) atoms. The first-order valence-electron chi connectivity index (χ1n) is 14.9. The molecule has 1 aliphatic carbocycles. The van der Waals surface area contributed by atoms with E-state index in [-0.39, 0.29) is 5.41 Å². The van der Waals surface area contributed by atoms with Crippen LogP contribution >= 0.6 is 0 Å². The second-order valence-electron chi connectivity index (χ2n) is 12.3. The minimum absolute atomic E-state index is 0.120. The van der Waals surface area contributed by atoms with E-state index in [0.717, 1.165) is 33.5 Å². The number of hydrogen-bond acceptors (Lipinski definition) is 2. The Kier molecular flexibility index (Phi) is 4.99.